The van der Waals surface area contributed by atoms with Crippen LogP contribution in [0.3, 0.4) is 0 Å². The van der Waals surface area contributed by atoms with Gasteiger partial charge in [0.05, 0.1) is 18.2 Å². The van der Waals surface area contributed by atoms with Gasteiger partial charge in [0.15, 0.2) is 5.82 Å². The molecule has 0 radical (unpaired) electrons. The van der Waals surface area contributed by atoms with Gasteiger partial charge in [-0.25, -0.2) is 9.78 Å². The van der Waals surface area contributed by atoms with Crippen LogP contribution in [0, 0.1) is 0 Å². The van der Waals surface area contributed by atoms with Gasteiger partial charge in [0.1, 0.15) is 12.0 Å². The Kier molecular flexibility index (Phi) is 2.52. The lowest BCUT2D eigenvalue weighted by atomic mass is 10.1. The minimum atomic E-state index is -0.371. The van der Waals surface area contributed by atoms with Crippen LogP contribution in [0.5, 0.6) is 0 Å². The molecule has 0 unspecified atom stereocenters. The highest BCUT2D eigenvalue weighted by atomic mass is 16.5. The van der Waals surface area contributed by atoms with Crippen LogP contribution in [-0.2, 0) is 11.8 Å². The van der Waals surface area contributed by atoms with Crippen LogP contribution in [0.4, 0.5) is 0 Å². The Hall–Kier alpha value is -2.70. The third-order valence-corrected chi connectivity index (χ3v) is 2.91. The molecule has 7 nitrogen and oxygen atoms in total. The van der Waals surface area contributed by atoms with Gasteiger partial charge in [0, 0.05) is 12.4 Å². The van der Waals surface area contributed by atoms with Gasteiger partial charge in [-0.1, -0.05) is 0 Å². The first-order chi connectivity index (χ1) is 9.20. The van der Waals surface area contributed by atoms with Crippen molar-refractivity contribution in [2.75, 3.05) is 7.11 Å². The van der Waals surface area contributed by atoms with E-state index in [-0.39, 0.29) is 5.97 Å². The number of fused-ring (bicyclic) bond motifs is 1. The van der Waals surface area contributed by atoms with Crippen molar-refractivity contribution >= 4 is 16.9 Å². The fourth-order valence-electron chi connectivity index (χ4n) is 2.00. The van der Waals surface area contributed by atoms with Crippen molar-refractivity contribution in [2.45, 2.75) is 0 Å². The molecule has 0 bridgehead atoms. The fraction of sp³-hybridized carbons (Fsp3) is 0.167. The number of nitrogens with one attached hydrogen (secondary N) is 1. The number of hydrogen-bond acceptors (Lipinski definition) is 5. The Bertz CT molecular complexity index is 745. The molecule has 1 aromatic carbocycles. The highest BCUT2D eigenvalue weighted by Gasteiger charge is 2.15. The largest absolute Gasteiger partial charge is 0.465 e. The lowest BCUT2D eigenvalue weighted by molar-refractivity contribution is 0.0601. The molecule has 0 saturated heterocycles. The Balaban J connectivity index is 2.21. The molecule has 0 spiro atoms. The molecule has 0 aliphatic heterocycles. The number of hydrogen-bond donors (Lipinski definition) is 1. The number of rotatable bonds is 2. The third-order valence-electron chi connectivity index (χ3n) is 2.91. The van der Waals surface area contributed by atoms with Gasteiger partial charge in [-0.05, 0) is 18.2 Å². The number of esters is 1. The van der Waals surface area contributed by atoms with E-state index in [1.54, 1.807) is 16.8 Å². The Labute approximate surface area is 108 Å². The van der Waals surface area contributed by atoms with E-state index in [2.05, 4.69) is 20.3 Å². The summed E-state index contributed by atoms with van der Waals surface area (Å²) in [4.78, 5) is 15.6. The van der Waals surface area contributed by atoms with E-state index in [4.69, 9.17) is 4.74 Å². The highest BCUT2D eigenvalue weighted by Crippen LogP contribution is 2.25. The second kappa shape index (κ2) is 4.20. The van der Waals surface area contributed by atoms with E-state index in [0.717, 1.165) is 10.9 Å². The smallest absolute Gasteiger partial charge is 0.337 e. The van der Waals surface area contributed by atoms with Crippen molar-refractivity contribution < 1.29 is 9.53 Å². The Morgan fingerprint density at radius 2 is 2.26 bits per heavy atom. The number of carbonyl (C=O) groups excluding carboxylic acids is 1. The molecule has 2 heterocycles. The molecule has 1 N–H and O–H groups in total. The van der Waals surface area contributed by atoms with E-state index in [1.165, 1.54) is 13.4 Å². The van der Waals surface area contributed by atoms with E-state index in [0.29, 0.717) is 17.1 Å². The average molecular weight is 257 g/mol. The zero-order valence-electron chi connectivity index (χ0n) is 10.4. The second-order valence-corrected chi connectivity index (χ2v) is 4.03. The van der Waals surface area contributed by atoms with Gasteiger partial charge in [0.25, 0.3) is 0 Å². The molecule has 0 saturated carbocycles. The summed E-state index contributed by atoms with van der Waals surface area (Å²) in [7, 11) is 3.17. The van der Waals surface area contributed by atoms with E-state index in [1.807, 2.05) is 13.1 Å². The van der Waals surface area contributed by atoms with Crippen LogP contribution < -0.4 is 0 Å². The van der Waals surface area contributed by atoms with Crippen LogP contribution in [0.1, 0.15) is 10.4 Å². The zero-order chi connectivity index (χ0) is 13.4. The molecule has 0 aliphatic carbocycles. The maximum Gasteiger partial charge on any atom is 0.337 e. The quantitative estimate of drug-likeness (QED) is 0.696. The van der Waals surface area contributed by atoms with Crippen molar-refractivity contribution in [3.63, 3.8) is 0 Å². The number of methoxy groups -OCH3 is 1. The molecule has 3 aromatic rings. The fourth-order valence-corrected chi connectivity index (χ4v) is 2.00. The number of benzene rings is 1. The molecule has 96 valence electrons. The van der Waals surface area contributed by atoms with Crippen molar-refractivity contribution in [3.05, 3.63) is 30.1 Å². The van der Waals surface area contributed by atoms with Crippen molar-refractivity contribution in [1.82, 2.24) is 25.0 Å². The topological polar surface area (TPSA) is 85.7 Å². The summed E-state index contributed by atoms with van der Waals surface area (Å²) in [5, 5.41) is 11.9. The predicted octanol–water partition coefficient (Wildman–Crippen LogP) is 1.14. The summed E-state index contributed by atoms with van der Waals surface area (Å²) in [6.45, 7) is 0. The number of H-pyrrole nitrogens is 1. The molecule has 0 aliphatic rings. The summed E-state index contributed by atoms with van der Waals surface area (Å²) in [5.74, 6) is 0.223. The molecule has 3 rings (SSSR count). The molecule has 2 aromatic heterocycles. The number of aromatic nitrogens is 5. The van der Waals surface area contributed by atoms with E-state index < -0.39 is 0 Å². The number of aromatic amines is 1. The van der Waals surface area contributed by atoms with E-state index in [9.17, 15) is 4.79 Å². The summed E-state index contributed by atoms with van der Waals surface area (Å²) in [5.41, 5.74) is 2.02. The summed E-state index contributed by atoms with van der Waals surface area (Å²) < 4.78 is 6.40. The standard InChI is InChI=1S/C12H11N5O2/c1-17-9-5-7(12(18)19-2)3-4-8(9)10(16-17)11-13-6-14-15-11/h3-6H,1-2H3,(H,13,14,15). The van der Waals surface area contributed by atoms with Gasteiger partial charge in [-0.2, -0.15) is 10.2 Å². The summed E-state index contributed by atoms with van der Waals surface area (Å²) in [6, 6.07) is 5.27. The maximum absolute atomic E-state index is 11.5. The van der Waals surface area contributed by atoms with Gasteiger partial charge < -0.3 is 4.74 Å². The first kappa shape index (κ1) is 11.4. The molecule has 19 heavy (non-hydrogen) atoms. The number of ether oxygens (including phenoxy) is 1. The van der Waals surface area contributed by atoms with Crippen molar-refractivity contribution in [1.29, 1.82) is 0 Å². The first-order valence-corrected chi connectivity index (χ1v) is 5.61. The van der Waals surface area contributed by atoms with Crippen LogP contribution in [0.15, 0.2) is 24.5 Å². The monoisotopic (exact) mass is 257 g/mol. The molecular weight excluding hydrogens is 246 g/mol. The Morgan fingerprint density at radius 1 is 1.42 bits per heavy atom. The molecule has 0 amide bonds. The molecule has 7 heteroatoms. The van der Waals surface area contributed by atoms with Crippen LogP contribution in [0.2, 0.25) is 0 Å². The number of nitrogens with zero attached hydrogens (tertiary/aromatic N) is 4. The van der Waals surface area contributed by atoms with Crippen LogP contribution >= 0.6 is 0 Å². The second-order valence-electron chi connectivity index (χ2n) is 4.03. The Morgan fingerprint density at radius 3 is 2.95 bits per heavy atom. The van der Waals surface area contributed by atoms with Crippen LogP contribution in [0.25, 0.3) is 22.4 Å². The first-order valence-electron chi connectivity index (χ1n) is 5.61. The minimum Gasteiger partial charge on any atom is -0.465 e. The van der Waals surface area contributed by atoms with Gasteiger partial charge in [-0.3, -0.25) is 9.78 Å². The molecule has 0 fully saturated rings. The SMILES string of the molecule is COC(=O)c1ccc2c(-c3ncn[nH]3)nn(C)c2c1. The average Bonchev–Trinajstić information content (AvgIpc) is 3.06. The zero-order valence-corrected chi connectivity index (χ0v) is 10.4. The third kappa shape index (κ3) is 1.75. The van der Waals surface area contributed by atoms with Crippen molar-refractivity contribution in [3.8, 4) is 11.5 Å². The lowest BCUT2D eigenvalue weighted by Crippen LogP contribution is -2.01. The van der Waals surface area contributed by atoms with Crippen molar-refractivity contribution in [2.24, 2.45) is 7.05 Å². The number of carbonyl (C=O) groups is 1. The van der Waals surface area contributed by atoms with Gasteiger partial charge >= 0.3 is 5.97 Å². The lowest BCUT2D eigenvalue weighted by Gasteiger charge is -2.00. The predicted molar refractivity (Wildman–Crippen MR) is 67.4 cm³/mol. The number of aryl methyl sites for hydroxylation is 1. The molecule has 0 atom stereocenters. The highest BCUT2D eigenvalue weighted by molar-refractivity contribution is 5.98. The van der Waals surface area contributed by atoms with Gasteiger partial charge in [-0.15, -0.1) is 0 Å². The summed E-state index contributed by atoms with van der Waals surface area (Å²) in [6.07, 6.45) is 1.43. The normalized spacial score (nSPS) is 10.8. The van der Waals surface area contributed by atoms with Crippen LogP contribution in [-0.4, -0.2) is 38.0 Å². The maximum atomic E-state index is 11.5. The molecular formula is C12H11N5O2. The van der Waals surface area contributed by atoms with Gasteiger partial charge in [0.2, 0.25) is 0 Å². The van der Waals surface area contributed by atoms with E-state index >= 15 is 0 Å². The summed E-state index contributed by atoms with van der Waals surface area (Å²) >= 11 is 0. The minimum absolute atomic E-state index is 0.371.